The van der Waals surface area contributed by atoms with Gasteiger partial charge in [0.15, 0.2) is 12.4 Å². The lowest BCUT2D eigenvalue weighted by molar-refractivity contribution is -0.150. The molecule has 0 spiro atoms. The number of hydrogen-bond acceptors (Lipinski definition) is 3. The molecule has 0 aromatic heterocycles. The Kier molecular flexibility index (Phi) is 3.03. The summed E-state index contributed by atoms with van der Waals surface area (Å²) in [6, 6.07) is 0. The molecule has 0 fully saturated rings. The average molecular weight is 210 g/mol. The molecule has 0 heterocycles. The van der Waals surface area contributed by atoms with Gasteiger partial charge in [0.2, 0.25) is 0 Å². The maximum atomic E-state index is 12.0. The summed E-state index contributed by atoms with van der Waals surface area (Å²) in [6.45, 7) is 7.19. The van der Waals surface area contributed by atoms with E-state index in [1.807, 2.05) is 26.8 Å². The number of Topliss-reactive ketones (excluding diaryl/α,β-unsaturated/α-hetero) is 1. The summed E-state index contributed by atoms with van der Waals surface area (Å²) in [5.41, 5.74) is -0.604. The highest BCUT2D eigenvalue weighted by atomic mass is 16.5. The van der Waals surface area contributed by atoms with E-state index in [-0.39, 0.29) is 17.8 Å². The molecule has 15 heavy (non-hydrogen) atoms. The van der Waals surface area contributed by atoms with Crippen LogP contribution in [0.2, 0.25) is 0 Å². The van der Waals surface area contributed by atoms with Crippen molar-refractivity contribution in [3.63, 3.8) is 0 Å². The lowest BCUT2D eigenvalue weighted by Gasteiger charge is -2.36. The summed E-state index contributed by atoms with van der Waals surface area (Å²) >= 11 is 0. The van der Waals surface area contributed by atoms with Crippen LogP contribution in [0.4, 0.5) is 0 Å². The standard InChI is InChI=1S/C12H18O3/c1-9(13)15-8-10(14)12(4)7-5-6-11(12,2)3/h5-6H,7-8H2,1-4H3/t12-/m0/s1. The second-order valence-electron chi connectivity index (χ2n) is 4.86. The van der Waals surface area contributed by atoms with Gasteiger partial charge in [-0.2, -0.15) is 0 Å². The van der Waals surface area contributed by atoms with E-state index in [1.165, 1.54) is 6.92 Å². The van der Waals surface area contributed by atoms with Gasteiger partial charge >= 0.3 is 5.97 Å². The first-order valence-electron chi connectivity index (χ1n) is 5.14. The Labute approximate surface area is 90.5 Å². The molecule has 0 aromatic rings. The van der Waals surface area contributed by atoms with Crippen molar-refractivity contribution in [2.45, 2.75) is 34.1 Å². The minimum absolute atomic E-state index is 0.00676. The van der Waals surface area contributed by atoms with Crippen LogP contribution in [-0.4, -0.2) is 18.4 Å². The normalized spacial score (nSPS) is 27.7. The maximum Gasteiger partial charge on any atom is 0.303 e. The first kappa shape index (κ1) is 12.0. The van der Waals surface area contributed by atoms with Crippen LogP contribution < -0.4 is 0 Å². The van der Waals surface area contributed by atoms with E-state index in [0.717, 1.165) is 6.42 Å². The Balaban J connectivity index is 2.71. The van der Waals surface area contributed by atoms with Gasteiger partial charge in [-0.25, -0.2) is 0 Å². The van der Waals surface area contributed by atoms with Gasteiger partial charge in [-0.05, 0) is 11.8 Å². The van der Waals surface area contributed by atoms with Crippen molar-refractivity contribution in [3.8, 4) is 0 Å². The van der Waals surface area contributed by atoms with Crippen LogP contribution >= 0.6 is 0 Å². The Morgan fingerprint density at radius 3 is 2.33 bits per heavy atom. The summed E-state index contributed by atoms with van der Waals surface area (Å²) in [5, 5.41) is 0. The van der Waals surface area contributed by atoms with Crippen molar-refractivity contribution < 1.29 is 14.3 Å². The highest BCUT2D eigenvalue weighted by Gasteiger charge is 2.47. The van der Waals surface area contributed by atoms with Crippen molar-refractivity contribution in [3.05, 3.63) is 12.2 Å². The number of ketones is 1. The molecule has 1 aliphatic carbocycles. The second kappa shape index (κ2) is 3.80. The third-order valence-corrected chi connectivity index (χ3v) is 3.50. The van der Waals surface area contributed by atoms with Gasteiger partial charge in [0.1, 0.15) is 0 Å². The molecule has 3 heteroatoms. The first-order chi connectivity index (χ1) is 6.79. The van der Waals surface area contributed by atoms with Crippen LogP contribution in [0.3, 0.4) is 0 Å². The quantitative estimate of drug-likeness (QED) is 0.529. The lowest BCUT2D eigenvalue weighted by atomic mass is 9.66. The zero-order valence-corrected chi connectivity index (χ0v) is 9.79. The zero-order chi connectivity index (χ0) is 11.7. The molecular formula is C12H18O3. The SMILES string of the molecule is CC(=O)OCC(=O)[C@]1(C)CC=CC1(C)C. The molecule has 3 nitrogen and oxygen atoms in total. The topological polar surface area (TPSA) is 43.4 Å². The van der Waals surface area contributed by atoms with Gasteiger partial charge in [-0.1, -0.05) is 32.9 Å². The van der Waals surface area contributed by atoms with E-state index in [1.54, 1.807) is 0 Å². The van der Waals surface area contributed by atoms with Gasteiger partial charge in [0.05, 0.1) is 0 Å². The van der Waals surface area contributed by atoms with E-state index in [9.17, 15) is 9.59 Å². The number of carbonyl (C=O) groups excluding carboxylic acids is 2. The molecule has 1 rings (SSSR count). The number of ether oxygens (including phenoxy) is 1. The van der Waals surface area contributed by atoms with Gasteiger partial charge < -0.3 is 4.74 Å². The van der Waals surface area contributed by atoms with Crippen LogP contribution in [0, 0.1) is 10.8 Å². The zero-order valence-electron chi connectivity index (χ0n) is 9.79. The molecule has 0 saturated carbocycles. The van der Waals surface area contributed by atoms with E-state index in [0.29, 0.717) is 0 Å². The second-order valence-corrected chi connectivity index (χ2v) is 4.86. The Morgan fingerprint density at radius 1 is 1.33 bits per heavy atom. The molecule has 0 radical (unpaired) electrons. The first-order valence-corrected chi connectivity index (χ1v) is 5.14. The molecule has 84 valence electrons. The predicted octanol–water partition coefficient (Wildman–Crippen LogP) is 2.11. The molecule has 0 aromatic carbocycles. The molecule has 1 aliphatic rings. The monoisotopic (exact) mass is 210 g/mol. The van der Waals surface area contributed by atoms with Crippen LogP contribution in [0.1, 0.15) is 34.1 Å². The number of carbonyl (C=O) groups is 2. The van der Waals surface area contributed by atoms with Crippen molar-refractivity contribution in [2.75, 3.05) is 6.61 Å². The van der Waals surface area contributed by atoms with Gasteiger partial charge in [-0.3, -0.25) is 9.59 Å². The molecule has 1 atom stereocenters. The van der Waals surface area contributed by atoms with Crippen LogP contribution in [0.5, 0.6) is 0 Å². The summed E-state index contributed by atoms with van der Waals surface area (Å²) in [4.78, 5) is 22.6. The lowest BCUT2D eigenvalue weighted by Crippen LogP contribution is -2.40. The largest absolute Gasteiger partial charge is 0.458 e. The van der Waals surface area contributed by atoms with Crippen molar-refractivity contribution in [2.24, 2.45) is 10.8 Å². The molecule has 0 amide bonds. The number of allylic oxidation sites excluding steroid dienone is 2. The van der Waals surface area contributed by atoms with Crippen LogP contribution in [0.15, 0.2) is 12.2 Å². The van der Waals surface area contributed by atoms with E-state index in [2.05, 4.69) is 6.08 Å². The van der Waals surface area contributed by atoms with Gasteiger partial charge in [0, 0.05) is 12.3 Å². The van der Waals surface area contributed by atoms with E-state index in [4.69, 9.17) is 4.74 Å². The summed E-state index contributed by atoms with van der Waals surface area (Å²) in [5.74, 6) is -0.414. The molecule has 0 saturated heterocycles. The van der Waals surface area contributed by atoms with Gasteiger partial charge in [-0.15, -0.1) is 0 Å². The Bertz CT molecular complexity index is 315. The fraction of sp³-hybridized carbons (Fsp3) is 0.667. The van der Waals surface area contributed by atoms with Crippen molar-refractivity contribution in [1.82, 2.24) is 0 Å². The van der Waals surface area contributed by atoms with Crippen molar-refractivity contribution in [1.29, 1.82) is 0 Å². The third-order valence-electron chi connectivity index (χ3n) is 3.50. The van der Waals surface area contributed by atoms with Crippen molar-refractivity contribution >= 4 is 11.8 Å². The number of hydrogen-bond donors (Lipinski definition) is 0. The molecule has 0 unspecified atom stereocenters. The van der Waals surface area contributed by atoms with E-state index < -0.39 is 11.4 Å². The number of rotatable bonds is 3. The third kappa shape index (κ3) is 2.11. The highest BCUT2D eigenvalue weighted by Crippen LogP contribution is 2.48. The minimum Gasteiger partial charge on any atom is -0.458 e. The smallest absolute Gasteiger partial charge is 0.303 e. The Hall–Kier alpha value is -1.12. The predicted molar refractivity (Wildman–Crippen MR) is 57.3 cm³/mol. The molecule has 0 bridgehead atoms. The minimum atomic E-state index is -0.442. The summed E-state index contributed by atoms with van der Waals surface area (Å²) in [6.07, 6.45) is 4.80. The van der Waals surface area contributed by atoms with Crippen LogP contribution in [0.25, 0.3) is 0 Å². The number of esters is 1. The van der Waals surface area contributed by atoms with Gasteiger partial charge in [0.25, 0.3) is 0 Å². The summed E-state index contributed by atoms with van der Waals surface area (Å²) < 4.78 is 4.76. The maximum absolute atomic E-state index is 12.0. The summed E-state index contributed by atoms with van der Waals surface area (Å²) in [7, 11) is 0. The molecule has 0 N–H and O–H groups in total. The fourth-order valence-electron chi connectivity index (χ4n) is 1.84. The Morgan fingerprint density at radius 2 is 1.93 bits per heavy atom. The molecular weight excluding hydrogens is 192 g/mol. The average Bonchev–Trinajstić information content (AvgIpc) is 2.38. The van der Waals surface area contributed by atoms with Crippen LogP contribution in [-0.2, 0) is 14.3 Å². The molecule has 0 aliphatic heterocycles. The van der Waals surface area contributed by atoms with E-state index >= 15 is 0 Å². The fourth-order valence-corrected chi connectivity index (χ4v) is 1.84. The highest BCUT2D eigenvalue weighted by molar-refractivity contribution is 5.88.